The van der Waals surface area contributed by atoms with Crippen molar-refractivity contribution in [2.75, 3.05) is 14.2 Å². The summed E-state index contributed by atoms with van der Waals surface area (Å²) >= 11 is 12.3. The van der Waals surface area contributed by atoms with Crippen molar-refractivity contribution in [1.82, 2.24) is 29.5 Å². The molecule has 0 radical (unpaired) electrons. The maximum absolute atomic E-state index is 15.0. The summed E-state index contributed by atoms with van der Waals surface area (Å²) in [4.78, 5) is 4.31. The molecule has 0 saturated heterocycles. The van der Waals surface area contributed by atoms with Gasteiger partial charge in [-0.2, -0.15) is 26.3 Å². The largest absolute Gasteiger partial charge is 0.495 e. The number of benzene rings is 2. The lowest BCUT2D eigenvalue weighted by atomic mass is 9.68. The zero-order chi connectivity index (χ0) is 42.6. The van der Waals surface area contributed by atoms with Gasteiger partial charge in [-0.25, -0.2) is 9.67 Å². The third-order valence-corrected chi connectivity index (χ3v) is 15.1. The number of nitrogens with zero attached hydrogens (tertiary/aromatic N) is 6. The van der Waals surface area contributed by atoms with Crippen LogP contribution in [-0.4, -0.2) is 77.5 Å². The normalized spacial score (nSPS) is 25.5. The molecule has 2 heterocycles. The Morgan fingerprint density at radius 1 is 0.776 bits per heavy atom. The molecule has 10 nitrogen and oxygen atoms in total. The third kappa shape index (κ3) is 8.39. The van der Waals surface area contributed by atoms with Gasteiger partial charge in [-0.15, -0.1) is 15.3 Å². The number of methoxy groups -OCH3 is 2. The van der Waals surface area contributed by atoms with E-state index in [-0.39, 0.29) is 68.9 Å². The molecule has 6 atom stereocenters. The second-order valence-electron chi connectivity index (χ2n) is 16.4. The summed E-state index contributed by atoms with van der Waals surface area (Å²) in [5.74, 6) is -6.41. The Labute approximate surface area is 349 Å². The molecule has 2 aliphatic carbocycles. The number of hydrogen-bond acceptors (Lipinski definition) is 10. The van der Waals surface area contributed by atoms with Gasteiger partial charge in [-0.05, 0) is 93.5 Å². The average molecular weight is 898 g/mol. The highest BCUT2D eigenvalue weighted by molar-refractivity contribution is 8.76. The van der Waals surface area contributed by atoms with E-state index in [2.05, 4.69) is 20.3 Å². The highest BCUT2D eigenvalue weighted by Crippen LogP contribution is 2.60. The molecule has 6 rings (SSSR count). The summed E-state index contributed by atoms with van der Waals surface area (Å²) in [6.07, 6.45) is -5.99. The predicted octanol–water partition coefficient (Wildman–Crippen LogP) is 10.0. The topological polar surface area (TPSA) is 120 Å². The van der Waals surface area contributed by atoms with Crippen LogP contribution >= 0.6 is 44.8 Å². The first-order chi connectivity index (χ1) is 27.0. The van der Waals surface area contributed by atoms with Gasteiger partial charge in [0.15, 0.2) is 0 Å². The average Bonchev–Trinajstić information content (AvgIpc) is 3.87. The molecule has 0 spiro atoms. The Balaban J connectivity index is 1.22. The van der Waals surface area contributed by atoms with E-state index in [1.165, 1.54) is 72.5 Å². The highest BCUT2D eigenvalue weighted by atomic mass is 35.5. The Kier molecular flexibility index (Phi) is 12.5. The van der Waals surface area contributed by atoms with Crippen molar-refractivity contribution in [1.29, 1.82) is 0 Å². The Hall–Kier alpha value is -2.90. The summed E-state index contributed by atoms with van der Waals surface area (Å²) in [5, 5.41) is 38.0. The van der Waals surface area contributed by atoms with Gasteiger partial charge in [0, 0.05) is 11.8 Å². The Bertz CT molecular complexity index is 2100. The molecule has 0 bridgehead atoms. The van der Waals surface area contributed by atoms with E-state index < -0.39 is 58.1 Å². The molecule has 20 heteroatoms. The van der Waals surface area contributed by atoms with Gasteiger partial charge in [-0.3, -0.25) is 0 Å². The summed E-state index contributed by atoms with van der Waals surface area (Å²) in [6, 6.07) is 7.81. The summed E-state index contributed by atoms with van der Waals surface area (Å²) in [7, 11) is 4.70. The fourth-order valence-corrected chi connectivity index (χ4v) is 11.0. The maximum atomic E-state index is 15.0. The van der Waals surface area contributed by atoms with Gasteiger partial charge in [0.05, 0.1) is 60.4 Å². The van der Waals surface area contributed by atoms with Gasteiger partial charge >= 0.3 is 12.4 Å². The Morgan fingerprint density at radius 2 is 1.26 bits per heavy atom. The number of alkyl halides is 6. The van der Waals surface area contributed by atoms with Gasteiger partial charge in [0.25, 0.3) is 0 Å². The quantitative estimate of drug-likeness (QED) is 0.0992. The van der Waals surface area contributed by atoms with Crippen molar-refractivity contribution in [3.63, 3.8) is 0 Å². The second-order valence-corrected chi connectivity index (χ2v) is 19.2. The van der Waals surface area contributed by atoms with E-state index in [4.69, 9.17) is 32.7 Å². The molecule has 6 unspecified atom stereocenters. The number of aromatic nitrogens is 6. The van der Waals surface area contributed by atoms with E-state index in [1.807, 2.05) is 0 Å². The molecule has 2 fully saturated rings. The molecule has 0 aliphatic heterocycles. The van der Waals surface area contributed by atoms with Gasteiger partial charge in [0.1, 0.15) is 24.2 Å². The molecule has 2 aliphatic rings. The molecule has 2 aromatic carbocycles. The Morgan fingerprint density at radius 3 is 1.72 bits per heavy atom. The molecule has 2 aromatic heterocycles. The highest BCUT2D eigenvalue weighted by Gasteiger charge is 2.63. The van der Waals surface area contributed by atoms with Gasteiger partial charge in [-0.1, -0.05) is 63.0 Å². The molecular formula is C38H44Cl2F6N6O4S2. The smallest absolute Gasteiger partial charge is 0.396 e. The number of halogens is 8. The van der Waals surface area contributed by atoms with Crippen LogP contribution in [0.3, 0.4) is 0 Å². The van der Waals surface area contributed by atoms with Crippen molar-refractivity contribution in [2.45, 2.75) is 112 Å². The first-order valence-electron chi connectivity index (χ1n) is 18.3. The van der Waals surface area contributed by atoms with Gasteiger partial charge < -0.3 is 24.3 Å². The summed E-state index contributed by atoms with van der Waals surface area (Å²) in [6.45, 7) is 6.37. The minimum Gasteiger partial charge on any atom is -0.495 e. The molecule has 2 saturated carbocycles. The van der Waals surface area contributed by atoms with Crippen LogP contribution in [0.2, 0.25) is 10.0 Å². The van der Waals surface area contributed by atoms with E-state index in [0.29, 0.717) is 12.8 Å². The lowest BCUT2D eigenvalue weighted by molar-refractivity contribution is -0.192. The lowest BCUT2D eigenvalue weighted by Crippen LogP contribution is -2.52. The minimum absolute atomic E-state index is 0.0819. The third-order valence-electron chi connectivity index (χ3n) is 12.4. The van der Waals surface area contributed by atoms with E-state index in [0.717, 1.165) is 21.6 Å². The zero-order valence-electron chi connectivity index (χ0n) is 32.4. The van der Waals surface area contributed by atoms with Crippen molar-refractivity contribution < 1.29 is 46.0 Å². The molecule has 4 aromatic rings. The minimum atomic E-state index is -4.72. The van der Waals surface area contributed by atoms with Crippen LogP contribution in [0.25, 0.3) is 0 Å². The van der Waals surface area contributed by atoms with Crippen LogP contribution < -0.4 is 9.47 Å². The first-order valence-corrected chi connectivity index (χ1v) is 21.2. The second kappa shape index (κ2) is 16.2. The summed E-state index contributed by atoms with van der Waals surface area (Å²) in [5.41, 5.74) is -5.82. The van der Waals surface area contributed by atoms with Gasteiger partial charge in [0.2, 0.25) is 10.3 Å². The van der Waals surface area contributed by atoms with E-state index >= 15 is 0 Å². The molecule has 0 amide bonds. The maximum Gasteiger partial charge on any atom is 0.396 e. The van der Waals surface area contributed by atoms with Crippen molar-refractivity contribution >= 4 is 44.8 Å². The number of aliphatic hydroxyl groups is 2. The van der Waals surface area contributed by atoms with Crippen LogP contribution in [0.4, 0.5) is 26.3 Å². The monoisotopic (exact) mass is 896 g/mol. The van der Waals surface area contributed by atoms with Crippen LogP contribution in [-0.2, 0) is 13.1 Å². The molecule has 2 N–H and O–H groups in total. The first kappa shape index (κ1) is 44.6. The van der Waals surface area contributed by atoms with Crippen LogP contribution in [0, 0.1) is 22.7 Å². The fourth-order valence-electron chi connectivity index (χ4n) is 8.92. The van der Waals surface area contributed by atoms with Crippen LogP contribution in [0.15, 0.2) is 59.4 Å². The van der Waals surface area contributed by atoms with E-state index in [9.17, 15) is 36.6 Å². The van der Waals surface area contributed by atoms with Crippen molar-refractivity contribution in [3.05, 3.63) is 70.2 Å². The zero-order valence-corrected chi connectivity index (χ0v) is 35.6. The molecular weight excluding hydrogens is 853 g/mol. The standard InChI is InChI=1S/C38H44Cl2F6N6O4S2/c1-33(2)13-11-23(29(37(41,42)43)21-7-9-25(39)27(15-21)55-5)35(33,53)17-51-20-48-49-32(51)58-57-31-47-19-52(50-31)18-36(54)24(12-14-34(36,3)4)30(38(44,45)46)22-8-10-26(40)28(16-22)56-6/h7-10,15-16,19-20,23-24,29-30,53-54H,11-14,17-18H2,1-6H3. The number of ether oxygens (including phenoxy) is 2. The van der Waals surface area contributed by atoms with E-state index in [1.54, 1.807) is 27.7 Å². The molecule has 58 heavy (non-hydrogen) atoms. The van der Waals surface area contributed by atoms with Crippen LogP contribution in [0.1, 0.15) is 76.3 Å². The van der Waals surface area contributed by atoms with Crippen LogP contribution in [0.5, 0.6) is 11.5 Å². The van der Waals surface area contributed by atoms with Crippen molar-refractivity contribution in [2.24, 2.45) is 22.7 Å². The number of rotatable bonds is 13. The number of hydrogen-bond donors (Lipinski definition) is 2. The SMILES string of the molecule is COc1cc(C(C2CCC(C)(C)C2(O)Cn2cnc(SSc3nncn3CC3(O)C(C(c4ccc(Cl)c(OC)c4)C(F)(F)F)CCC3(C)C)n2)C(F)(F)F)ccc1Cl. The lowest BCUT2D eigenvalue weighted by Gasteiger charge is -2.44. The fraction of sp³-hybridized carbons (Fsp3) is 0.579. The molecule has 318 valence electrons. The van der Waals surface area contributed by atoms with Crippen molar-refractivity contribution in [3.8, 4) is 11.5 Å². The predicted molar refractivity (Wildman–Crippen MR) is 208 cm³/mol. The summed E-state index contributed by atoms with van der Waals surface area (Å²) < 4.78 is 103.